The fraction of sp³-hybridized carbons (Fsp3) is 0.556. The van der Waals surface area contributed by atoms with Gasteiger partial charge < -0.3 is 14.5 Å². The second-order valence-electron chi connectivity index (χ2n) is 6.54. The summed E-state index contributed by atoms with van der Waals surface area (Å²) >= 11 is 0. The predicted octanol–water partition coefficient (Wildman–Crippen LogP) is 1.93. The van der Waals surface area contributed by atoms with Crippen molar-refractivity contribution >= 4 is 11.8 Å². The summed E-state index contributed by atoms with van der Waals surface area (Å²) in [6.07, 6.45) is 1.44. The molecule has 0 spiro atoms. The molecule has 0 bridgehead atoms. The van der Waals surface area contributed by atoms with Crippen molar-refractivity contribution in [3.63, 3.8) is 0 Å². The smallest absolute Gasteiger partial charge is 0.253 e. The zero-order chi connectivity index (χ0) is 17.1. The van der Waals surface area contributed by atoms with Gasteiger partial charge in [-0.25, -0.2) is 4.39 Å². The van der Waals surface area contributed by atoms with Crippen LogP contribution in [0.4, 0.5) is 4.39 Å². The third kappa shape index (κ3) is 3.75. The second kappa shape index (κ2) is 7.30. The molecule has 1 aromatic carbocycles. The highest BCUT2D eigenvalue weighted by atomic mass is 19.1. The van der Waals surface area contributed by atoms with E-state index in [1.165, 1.54) is 24.3 Å². The van der Waals surface area contributed by atoms with E-state index in [0.717, 1.165) is 0 Å². The van der Waals surface area contributed by atoms with E-state index in [0.29, 0.717) is 51.2 Å². The van der Waals surface area contributed by atoms with Gasteiger partial charge in [0.2, 0.25) is 5.91 Å². The lowest BCUT2D eigenvalue weighted by atomic mass is 9.94. The van der Waals surface area contributed by atoms with Crippen molar-refractivity contribution in [1.29, 1.82) is 0 Å². The van der Waals surface area contributed by atoms with Crippen molar-refractivity contribution in [2.45, 2.75) is 25.9 Å². The summed E-state index contributed by atoms with van der Waals surface area (Å²) in [4.78, 5) is 28.7. The molecule has 0 unspecified atom stereocenters. The van der Waals surface area contributed by atoms with Gasteiger partial charge in [0.15, 0.2) is 0 Å². The lowest BCUT2D eigenvalue weighted by Crippen LogP contribution is -2.49. The Kier molecular flexibility index (Phi) is 5.14. The first-order valence-electron chi connectivity index (χ1n) is 8.50. The summed E-state index contributed by atoms with van der Waals surface area (Å²) in [5.74, 6) is -0.289. The zero-order valence-corrected chi connectivity index (χ0v) is 13.9. The van der Waals surface area contributed by atoms with E-state index in [2.05, 4.69) is 0 Å². The Hall–Kier alpha value is -1.95. The summed E-state index contributed by atoms with van der Waals surface area (Å²) in [6.45, 7) is 4.99. The predicted molar refractivity (Wildman–Crippen MR) is 87.0 cm³/mol. The number of ether oxygens (including phenoxy) is 1. The molecule has 2 saturated heterocycles. The van der Waals surface area contributed by atoms with Crippen LogP contribution < -0.4 is 0 Å². The first-order valence-corrected chi connectivity index (χ1v) is 8.50. The van der Waals surface area contributed by atoms with Crippen LogP contribution in [0.15, 0.2) is 24.3 Å². The molecule has 5 nitrogen and oxygen atoms in total. The van der Waals surface area contributed by atoms with Crippen molar-refractivity contribution in [3.05, 3.63) is 35.6 Å². The summed E-state index contributed by atoms with van der Waals surface area (Å²) in [5, 5.41) is 0. The number of likely N-dealkylation sites (tertiary alicyclic amines) is 1. The Balaban J connectivity index is 1.54. The van der Waals surface area contributed by atoms with Crippen molar-refractivity contribution in [3.8, 4) is 0 Å². The SMILES string of the molecule is C[C@@H]1CN(C(=O)C2CCN(C(=O)c3ccc(F)cc3)CC2)CCO1. The van der Waals surface area contributed by atoms with Gasteiger partial charge in [-0.15, -0.1) is 0 Å². The Bertz CT molecular complexity index is 597. The molecule has 2 heterocycles. The van der Waals surface area contributed by atoms with E-state index in [9.17, 15) is 14.0 Å². The third-order valence-corrected chi connectivity index (χ3v) is 4.78. The summed E-state index contributed by atoms with van der Waals surface area (Å²) in [5.41, 5.74) is 0.489. The van der Waals surface area contributed by atoms with Crippen LogP contribution in [0.1, 0.15) is 30.1 Å². The van der Waals surface area contributed by atoms with Gasteiger partial charge in [0, 0.05) is 37.7 Å². The molecule has 6 heteroatoms. The fourth-order valence-electron chi connectivity index (χ4n) is 3.38. The van der Waals surface area contributed by atoms with Gasteiger partial charge in [0.25, 0.3) is 5.91 Å². The van der Waals surface area contributed by atoms with Gasteiger partial charge in [-0.05, 0) is 44.0 Å². The maximum atomic E-state index is 13.0. The number of amides is 2. The molecule has 2 aliphatic rings. The van der Waals surface area contributed by atoms with Crippen molar-refractivity contribution < 1.29 is 18.7 Å². The number of morpholine rings is 1. The standard InChI is InChI=1S/C18H23FN2O3/c1-13-12-21(10-11-24-13)18(23)15-6-8-20(9-7-15)17(22)14-2-4-16(19)5-3-14/h2-5,13,15H,6-12H2,1H3/t13-/m1/s1. The minimum Gasteiger partial charge on any atom is -0.375 e. The minimum atomic E-state index is -0.351. The fourth-order valence-corrected chi connectivity index (χ4v) is 3.38. The van der Waals surface area contributed by atoms with Crippen molar-refractivity contribution in [2.24, 2.45) is 5.92 Å². The molecule has 0 radical (unpaired) electrons. The number of hydrogen-bond donors (Lipinski definition) is 0. The lowest BCUT2D eigenvalue weighted by molar-refractivity contribution is -0.143. The van der Waals surface area contributed by atoms with Crippen LogP contribution in [-0.4, -0.2) is 60.5 Å². The number of nitrogens with zero attached hydrogens (tertiary/aromatic N) is 2. The Morgan fingerprint density at radius 2 is 1.75 bits per heavy atom. The molecule has 24 heavy (non-hydrogen) atoms. The molecule has 3 rings (SSSR count). The van der Waals surface area contributed by atoms with Gasteiger partial charge in [-0.3, -0.25) is 9.59 Å². The molecule has 2 fully saturated rings. The molecule has 0 aromatic heterocycles. The lowest BCUT2D eigenvalue weighted by Gasteiger charge is -2.37. The molecule has 130 valence electrons. The molecule has 2 aliphatic heterocycles. The first-order chi connectivity index (χ1) is 11.5. The molecule has 0 saturated carbocycles. The summed E-state index contributed by atoms with van der Waals surface area (Å²) in [6, 6.07) is 5.60. The van der Waals surface area contributed by atoms with E-state index in [1.807, 2.05) is 11.8 Å². The van der Waals surface area contributed by atoms with Crippen molar-refractivity contribution in [1.82, 2.24) is 9.80 Å². The topological polar surface area (TPSA) is 49.9 Å². The minimum absolute atomic E-state index is 0.0208. The van der Waals surface area contributed by atoms with Gasteiger partial charge in [0.1, 0.15) is 5.82 Å². The highest BCUT2D eigenvalue weighted by molar-refractivity contribution is 5.94. The zero-order valence-electron chi connectivity index (χ0n) is 13.9. The molecule has 1 aromatic rings. The summed E-state index contributed by atoms with van der Waals surface area (Å²) < 4.78 is 18.4. The monoisotopic (exact) mass is 334 g/mol. The van der Waals surface area contributed by atoms with Crippen LogP contribution in [-0.2, 0) is 9.53 Å². The number of hydrogen-bond acceptors (Lipinski definition) is 3. The Morgan fingerprint density at radius 1 is 1.08 bits per heavy atom. The highest BCUT2D eigenvalue weighted by Gasteiger charge is 2.32. The van der Waals surface area contributed by atoms with Crippen LogP contribution in [0, 0.1) is 11.7 Å². The Morgan fingerprint density at radius 3 is 2.38 bits per heavy atom. The quantitative estimate of drug-likeness (QED) is 0.830. The first kappa shape index (κ1) is 16.9. The largest absolute Gasteiger partial charge is 0.375 e. The molecule has 0 N–H and O–H groups in total. The van der Waals surface area contributed by atoms with Gasteiger partial charge in [0.05, 0.1) is 12.7 Å². The molecule has 1 atom stereocenters. The average Bonchev–Trinajstić information content (AvgIpc) is 2.61. The number of carbonyl (C=O) groups excluding carboxylic acids is 2. The molecular weight excluding hydrogens is 311 g/mol. The number of carbonyl (C=O) groups is 2. The van der Waals surface area contributed by atoms with Crippen LogP contribution in [0.25, 0.3) is 0 Å². The normalized spacial score (nSPS) is 22.5. The van der Waals surface area contributed by atoms with Gasteiger partial charge in [-0.1, -0.05) is 0 Å². The highest BCUT2D eigenvalue weighted by Crippen LogP contribution is 2.22. The maximum Gasteiger partial charge on any atom is 0.253 e. The van der Waals surface area contributed by atoms with Crippen LogP contribution in [0.3, 0.4) is 0 Å². The van der Waals surface area contributed by atoms with E-state index in [4.69, 9.17) is 4.74 Å². The maximum absolute atomic E-state index is 13.0. The van der Waals surface area contributed by atoms with Crippen molar-refractivity contribution in [2.75, 3.05) is 32.8 Å². The summed E-state index contributed by atoms with van der Waals surface area (Å²) in [7, 11) is 0. The third-order valence-electron chi connectivity index (χ3n) is 4.78. The Labute approximate surface area is 141 Å². The van der Waals surface area contributed by atoms with Crippen LogP contribution in [0.2, 0.25) is 0 Å². The van der Waals surface area contributed by atoms with Gasteiger partial charge >= 0.3 is 0 Å². The van der Waals surface area contributed by atoms with Crippen LogP contribution in [0.5, 0.6) is 0 Å². The number of piperidine rings is 1. The van der Waals surface area contributed by atoms with E-state index in [1.54, 1.807) is 4.90 Å². The van der Waals surface area contributed by atoms with E-state index >= 15 is 0 Å². The molecular formula is C18H23FN2O3. The van der Waals surface area contributed by atoms with E-state index in [-0.39, 0.29) is 29.7 Å². The molecule has 0 aliphatic carbocycles. The number of halogens is 1. The number of rotatable bonds is 2. The van der Waals surface area contributed by atoms with E-state index < -0.39 is 0 Å². The average molecular weight is 334 g/mol. The van der Waals surface area contributed by atoms with Crippen LogP contribution >= 0.6 is 0 Å². The number of benzene rings is 1. The molecule has 2 amide bonds. The van der Waals surface area contributed by atoms with Gasteiger partial charge in [-0.2, -0.15) is 0 Å². The second-order valence-corrected chi connectivity index (χ2v) is 6.54.